The molecule has 1 amide bonds. The average molecular weight is 364 g/mol. The molecule has 0 heterocycles. The lowest BCUT2D eigenvalue weighted by atomic mass is 9.96. The molecule has 26 heavy (non-hydrogen) atoms. The van der Waals surface area contributed by atoms with Gasteiger partial charge in [-0.05, 0) is 37.0 Å². The highest BCUT2D eigenvalue weighted by atomic mass is 19.2. The van der Waals surface area contributed by atoms with Gasteiger partial charge in [0.05, 0.1) is 11.7 Å². The van der Waals surface area contributed by atoms with E-state index < -0.39 is 29.4 Å². The van der Waals surface area contributed by atoms with Gasteiger partial charge in [0.15, 0.2) is 17.5 Å². The zero-order valence-corrected chi connectivity index (χ0v) is 15.0. The van der Waals surface area contributed by atoms with E-state index in [-0.39, 0.29) is 11.7 Å². The van der Waals surface area contributed by atoms with E-state index in [9.17, 15) is 18.0 Å². The van der Waals surface area contributed by atoms with E-state index in [4.69, 9.17) is 0 Å². The molecule has 2 atom stereocenters. The fourth-order valence-electron chi connectivity index (χ4n) is 2.70. The van der Waals surface area contributed by atoms with Gasteiger partial charge in [-0.2, -0.15) is 0 Å². The third kappa shape index (κ3) is 5.08. The predicted octanol–water partition coefficient (Wildman–Crippen LogP) is 4.81. The average Bonchev–Trinajstić information content (AvgIpc) is 2.61. The van der Waals surface area contributed by atoms with Crippen LogP contribution in [0.25, 0.3) is 0 Å². The van der Waals surface area contributed by atoms with Crippen molar-refractivity contribution in [3.63, 3.8) is 0 Å². The summed E-state index contributed by atoms with van der Waals surface area (Å²) in [5, 5.41) is 5.53. The molecule has 0 aliphatic rings. The standard InChI is InChI=1S/C20H23F3N2O/c1-12(2)11-17(14-7-5-4-6-8-14)24-13(3)20(26)25-16-10-9-15(21)18(22)19(16)23/h4-10,12-13,17,24H,11H2,1-3H3,(H,25,26)/t13-,17-/m0/s1. The highest BCUT2D eigenvalue weighted by Gasteiger charge is 2.22. The number of anilines is 1. The lowest BCUT2D eigenvalue weighted by Crippen LogP contribution is -2.40. The van der Waals surface area contributed by atoms with Crippen molar-refractivity contribution in [2.45, 2.75) is 39.3 Å². The second-order valence-electron chi connectivity index (χ2n) is 6.69. The van der Waals surface area contributed by atoms with Crippen LogP contribution in [0, 0.1) is 23.4 Å². The first kappa shape index (κ1) is 20.0. The first-order valence-corrected chi connectivity index (χ1v) is 8.55. The SMILES string of the molecule is CC(C)C[C@H](N[C@@H](C)C(=O)Nc1ccc(F)c(F)c1F)c1ccccc1. The summed E-state index contributed by atoms with van der Waals surface area (Å²) in [6, 6.07) is 10.8. The van der Waals surface area contributed by atoms with Crippen molar-refractivity contribution < 1.29 is 18.0 Å². The van der Waals surface area contributed by atoms with Gasteiger partial charge in [-0.3, -0.25) is 10.1 Å². The second kappa shape index (κ2) is 8.85. The van der Waals surface area contributed by atoms with Crippen molar-refractivity contribution in [2.24, 2.45) is 5.92 Å². The van der Waals surface area contributed by atoms with E-state index in [0.717, 1.165) is 24.1 Å². The van der Waals surface area contributed by atoms with E-state index in [2.05, 4.69) is 24.5 Å². The Hall–Kier alpha value is -2.34. The normalized spacial score (nSPS) is 13.5. The summed E-state index contributed by atoms with van der Waals surface area (Å²) in [5.74, 6) is -4.45. The summed E-state index contributed by atoms with van der Waals surface area (Å²) in [7, 11) is 0. The molecule has 3 nitrogen and oxygen atoms in total. The molecule has 2 aromatic carbocycles. The molecule has 0 aliphatic heterocycles. The predicted molar refractivity (Wildman–Crippen MR) is 96.2 cm³/mol. The van der Waals surface area contributed by atoms with Crippen LogP contribution in [0.2, 0.25) is 0 Å². The Balaban J connectivity index is 2.10. The van der Waals surface area contributed by atoms with Crippen LogP contribution in [0.5, 0.6) is 0 Å². The van der Waals surface area contributed by atoms with E-state index in [1.54, 1.807) is 6.92 Å². The van der Waals surface area contributed by atoms with E-state index in [0.29, 0.717) is 5.92 Å². The monoisotopic (exact) mass is 364 g/mol. The Morgan fingerprint density at radius 2 is 1.62 bits per heavy atom. The minimum Gasteiger partial charge on any atom is -0.322 e. The summed E-state index contributed by atoms with van der Waals surface area (Å²) in [6.45, 7) is 5.81. The third-order valence-electron chi connectivity index (χ3n) is 4.05. The third-order valence-corrected chi connectivity index (χ3v) is 4.05. The molecule has 0 bridgehead atoms. The molecule has 0 spiro atoms. The molecule has 0 aromatic heterocycles. The summed E-state index contributed by atoms with van der Waals surface area (Å²) < 4.78 is 40.0. The van der Waals surface area contributed by atoms with Gasteiger partial charge >= 0.3 is 0 Å². The number of nitrogens with one attached hydrogen (secondary N) is 2. The van der Waals surface area contributed by atoms with Crippen LogP contribution in [0.3, 0.4) is 0 Å². The molecule has 0 fully saturated rings. The number of benzene rings is 2. The molecular weight excluding hydrogens is 341 g/mol. The van der Waals surface area contributed by atoms with Crippen molar-refractivity contribution in [3.05, 3.63) is 65.5 Å². The molecule has 6 heteroatoms. The maximum atomic E-state index is 13.7. The summed E-state index contributed by atoms with van der Waals surface area (Å²) in [6.07, 6.45) is 0.807. The van der Waals surface area contributed by atoms with E-state index in [1.807, 2.05) is 30.3 Å². The van der Waals surface area contributed by atoms with Crippen LogP contribution < -0.4 is 10.6 Å². The van der Waals surface area contributed by atoms with Crippen LogP contribution >= 0.6 is 0 Å². The maximum Gasteiger partial charge on any atom is 0.241 e. The quantitative estimate of drug-likeness (QED) is 0.693. The fraction of sp³-hybridized carbons (Fsp3) is 0.350. The van der Waals surface area contributed by atoms with Crippen molar-refractivity contribution in [2.75, 3.05) is 5.32 Å². The Morgan fingerprint density at radius 3 is 2.23 bits per heavy atom. The number of rotatable bonds is 7. The lowest BCUT2D eigenvalue weighted by molar-refractivity contribution is -0.118. The lowest BCUT2D eigenvalue weighted by Gasteiger charge is -2.25. The minimum atomic E-state index is -1.61. The van der Waals surface area contributed by atoms with Gasteiger partial charge in [-0.15, -0.1) is 0 Å². The van der Waals surface area contributed by atoms with Crippen molar-refractivity contribution >= 4 is 11.6 Å². The molecule has 140 valence electrons. The zero-order chi connectivity index (χ0) is 19.3. The fourth-order valence-corrected chi connectivity index (χ4v) is 2.70. The smallest absolute Gasteiger partial charge is 0.241 e. The highest BCUT2D eigenvalue weighted by Crippen LogP contribution is 2.23. The van der Waals surface area contributed by atoms with Gasteiger partial charge in [0, 0.05) is 6.04 Å². The Labute approximate surface area is 151 Å². The Bertz CT molecular complexity index is 750. The van der Waals surface area contributed by atoms with Crippen molar-refractivity contribution in [1.29, 1.82) is 0 Å². The maximum absolute atomic E-state index is 13.7. The molecule has 0 saturated carbocycles. The summed E-state index contributed by atoms with van der Waals surface area (Å²) >= 11 is 0. The number of carbonyl (C=O) groups excluding carboxylic acids is 1. The first-order chi connectivity index (χ1) is 12.3. The van der Waals surface area contributed by atoms with Gasteiger partial charge in [0.25, 0.3) is 0 Å². The van der Waals surface area contributed by atoms with Gasteiger partial charge in [0.1, 0.15) is 0 Å². The highest BCUT2D eigenvalue weighted by molar-refractivity contribution is 5.94. The van der Waals surface area contributed by atoms with Crippen LogP contribution in [0.1, 0.15) is 38.8 Å². The molecule has 0 unspecified atom stereocenters. The van der Waals surface area contributed by atoms with Gasteiger partial charge in [0.2, 0.25) is 5.91 Å². The van der Waals surface area contributed by atoms with Crippen LogP contribution in [0.15, 0.2) is 42.5 Å². The van der Waals surface area contributed by atoms with Gasteiger partial charge in [-0.25, -0.2) is 13.2 Å². The minimum absolute atomic E-state index is 0.0632. The number of amides is 1. The van der Waals surface area contributed by atoms with Gasteiger partial charge in [-0.1, -0.05) is 44.2 Å². The van der Waals surface area contributed by atoms with Crippen LogP contribution in [0.4, 0.5) is 18.9 Å². The summed E-state index contributed by atoms with van der Waals surface area (Å²) in [4.78, 5) is 12.4. The molecule has 0 saturated heterocycles. The van der Waals surface area contributed by atoms with Crippen molar-refractivity contribution in [1.82, 2.24) is 5.32 Å². The number of carbonyl (C=O) groups is 1. The number of hydrogen-bond acceptors (Lipinski definition) is 2. The van der Waals surface area contributed by atoms with Crippen LogP contribution in [-0.4, -0.2) is 11.9 Å². The van der Waals surface area contributed by atoms with Crippen LogP contribution in [-0.2, 0) is 4.79 Å². The largest absolute Gasteiger partial charge is 0.322 e. The molecule has 0 aliphatic carbocycles. The van der Waals surface area contributed by atoms with E-state index in [1.165, 1.54) is 0 Å². The van der Waals surface area contributed by atoms with Gasteiger partial charge < -0.3 is 5.32 Å². The molecular formula is C20H23F3N2O. The topological polar surface area (TPSA) is 41.1 Å². The molecule has 2 N–H and O–H groups in total. The second-order valence-corrected chi connectivity index (χ2v) is 6.69. The Kier molecular flexibility index (Phi) is 6.80. The zero-order valence-electron chi connectivity index (χ0n) is 15.0. The van der Waals surface area contributed by atoms with E-state index >= 15 is 0 Å². The Morgan fingerprint density at radius 1 is 0.962 bits per heavy atom. The first-order valence-electron chi connectivity index (χ1n) is 8.55. The number of hydrogen-bond donors (Lipinski definition) is 2. The molecule has 0 radical (unpaired) electrons. The molecule has 2 aromatic rings. The van der Waals surface area contributed by atoms with Crippen molar-refractivity contribution in [3.8, 4) is 0 Å². The molecule has 2 rings (SSSR count). The summed E-state index contributed by atoms with van der Waals surface area (Å²) in [5.41, 5.74) is 0.655. The number of halogens is 3.